The van der Waals surface area contributed by atoms with Gasteiger partial charge in [0.05, 0.1) is 11.4 Å². The first-order valence-electron chi connectivity index (χ1n) is 7.74. The predicted octanol–water partition coefficient (Wildman–Crippen LogP) is 1.09. The third-order valence-corrected chi connectivity index (χ3v) is 5.49. The largest absolute Gasteiger partial charge is 0.326 e. The molecule has 3 aromatic rings. The molecule has 25 heavy (non-hydrogen) atoms. The zero-order valence-electron chi connectivity index (χ0n) is 13.1. The smallest absolute Gasteiger partial charge is 0.240 e. The molecule has 2 N–H and O–H groups in total. The van der Waals surface area contributed by atoms with Gasteiger partial charge in [0.1, 0.15) is 0 Å². The topological polar surface area (TPSA) is 105 Å². The molecule has 0 aliphatic carbocycles. The highest BCUT2D eigenvalue weighted by Gasteiger charge is 2.20. The van der Waals surface area contributed by atoms with Gasteiger partial charge in [-0.05, 0) is 42.3 Å². The number of benzene rings is 1. The fourth-order valence-corrected chi connectivity index (χ4v) is 3.81. The molecule has 1 aromatic carbocycles. The molecule has 9 heteroatoms. The van der Waals surface area contributed by atoms with Gasteiger partial charge in [0.25, 0.3) is 0 Å². The van der Waals surface area contributed by atoms with Crippen molar-refractivity contribution in [3.8, 4) is 0 Å². The Kier molecular flexibility index (Phi) is 3.74. The summed E-state index contributed by atoms with van der Waals surface area (Å²) in [5.41, 5.74) is 2.13. The van der Waals surface area contributed by atoms with E-state index in [0.717, 1.165) is 5.56 Å². The molecule has 0 radical (unpaired) electrons. The van der Waals surface area contributed by atoms with Crippen molar-refractivity contribution >= 4 is 27.3 Å². The first-order valence-corrected chi connectivity index (χ1v) is 9.22. The molecule has 0 spiro atoms. The molecule has 0 bridgehead atoms. The van der Waals surface area contributed by atoms with Crippen LogP contribution < -0.4 is 10.0 Å². The van der Waals surface area contributed by atoms with E-state index in [4.69, 9.17) is 0 Å². The van der Waals surface area contributed by atoms with Crippen LogP contribution >= 0.6 is 0 Å². The van der Waals surface area contributed by atoms with Gasteiger partial charge in [-0.2, -0.15) is 0 Å². The number of pyridine rings is 1. The molecule has 1 aliphatic heterocycles. The van der Waals surface area contributed by atoms with Crippen LogP contribution in [0.15, 0.2) is 47.5 Å². The van der Waals surface area contributed by atoms with E-state index >= 15 is 0 Å². The lowest BCUT2D eigenvalue weighted by atomic mass is 10.0. The fraction of sp³-hybridized carbons (Fsp3) is 0.188. The summed E-state index contributed by atoms with van der Waals surface area (Å²) in [4.78, 5) is 11.6. The summed E-state index contributed by atoms with van der Waals surface area (Å²) in [6.45, 7) is 0.0291. The van der Waals surface area contributed by atoms with Crippen LogP contribution in [0.2, 0.25) is 0 Å². The number of aromatic nitrogens is 3. The van der Waals surface area contributed by atoms with E-state index in [-0.39, 0.29) is 17.3 Å². The highest BCUT2D eigenvalue weighted by Crippen LogP contribution is 2.25. The molecular weight excluding hydrogens is 342 g/mol. The standard InChI is InChI=1S/C16H15N5O3S/c22-16-7-4-11-9-12(5-6-13(11)18-16)25(23,24)17-10-15-20-19-14-3-1-2-8-21(14)15/h1-3,5-6,8-9,17H,4,7,10H2,(H,18,22). The lowest BCUT2D eigenvalue weighted by Gasteiger charge is -2.17. The number of sulfonamides is 1. The van der Waals surface area contributed by atoms with E-state index in [0.29, 0.717) is 30.0 Å². The molecule has 1 amide bonds. The molecule has 8 nitrogen and oxygen atoms in total. The first kappa shape index (κ1) is 15.7. The van der Waals surface area contributed by atoms with Gasteiger partial charge in [0.2, 0.25) is 15.9 Å². The minimum Gasteiger partial charge on any atom is -0.326 e. The van der Waals surface area contributed by atoms with Crippen molar-refractivity contribution in [3.05, 3.63) is 54.0 Å². The Labute approximate surface area is 143 Å². The van der Waals surface area contributed by atoms with Crippen LogP contribution in [0.3, 0.4) is 0 Å². The van der Waals surface area contributed by atoms with Crippen LogP contribution in [0.25, 0.3) is 5.65 Å². The number of anilines is 1. The average molecular weight is 357 g/mol. The van der Waals surface area contributed by atoms with Crippen molar-refractivity contribution < 1.29 is 13.2 Å². The zero-order chi connectivity index (χ0) is 17.4. The van der Waals surface area contributed by atoms with Crippen LogP contribution in [-0.4, -0.2) is 28.9 Å². The Balaban J connectivity index is 1.57. The van der Waals surface area contributed by atoms with Crippen molar-refractivity contribution in [2.45, 2.75) is 24.3 Å². The summed E-state index contributed by atoms with van der Waals surface area (Å²) in [5, 5.41) is 10.7. The number of nitrogens with one attached hydrogen (secondary N) is 2. The highest BCUT2D eigenvalue weighted by molar-refractivity contribution is 7.89. The van der Waals surface area contributed by atoms with E-state index in [9.17, 15) is 13.2 Å². The Bertz CT molecular complexity index is 1070. The molecule has 1 aliphatic rings. The van der Waals surface area contributed by atoms with Crippen LogP contribution in [0.5, 0.6) is 0 Å². The quantitative estimate of drug-likeness (QED) is 0.727. The SMILES string of the molecule is O=C1CCc2cc(S(=O)(=O)NCc3nnc4ccccn34)ccc2N1. The first-order chi connectivity index (χ1) is 12.0. The second-order valence-electron chi connectivity index (χ2n) is 5.74. The summed E-state index contributed by atoms with van der Waals surface area (Å²) in [7, 11) is -3.70. The molecule has 0 unspecified atom stereocenters. The molecule has 0 saturated heterocycles. The molecule has 0 fully saturated rings. The minimum atomic E-state index is -3.70. The summed E-state index contributed by atoms with van der Waals surface area (Å²) in [6.07, 6.45) is 2.66. The lowest BCUT2D eigenvalue weighted by molar-refractivity contribution is -0.116. The Morgan fingerprint density at radius 3 is 2.92 bits per heavy atom. The molecule has 3 heterocycles. The maximum absolute atomic E-state index is 12.6. The zero-order valence-corrected chi connectivity index (χ0v) is 14.0. The van der Waals surface area contributed by atoms with E-state index in [1.807, 2.05) is 12.1 Å². The van der Waals surface area contributed by atoms with Gasteiger partial charge in [0, 0.05) is 18.3 Å². The molecule has 2 aromatic heterocycles. The second-order valence-corrected chi connectivity index (χ2v) is 7.50. The van der Waals surface area contributed by atoms with Gasteiger partial charge in [-0.15, -0.1) is 10.2 Å². The molecule has 128 valence electrons. The lowest BCUT2D eigenvalue weighted by Crippen LogP contribution is -2.25. The van der Waals surface area contributed by atoms with Crippen molar-refractivity contribution in [1.29, 1.82) is 0 Å². The monoisotopic (exact) mass is 357 g/mol. The number of carbonyl (C=O) groups is 1. The van der Waals surface area contributed by atoms with Gasteiger partial charge in [-0.3, -0.25) is 9.20 Å². The summed E-state index contributed by atoms with van der Waals surface area (Å²) in [6, 6.07) is 10.2. The van der Waals surface area contributed by atoms with Crippen LogP contribution in [0.1, 0.15) is 17.8 Å². The number of fused-ring (bicyclic) bond motifs is 2. The van der Waals surface area contributed by atoms with Gasteiger partial charge in [-0.25, -0.2) is 13.1 Å². The number of carbonyl (C=O) groups excluding carboxylic acids is 1. The fourth-order valence-electron chi connectivity index (χ4n) is 2.78. The van der Waals surface area contributed by atoms with E-state index in [1.54, 1.807) is 28.8 Å². The van der Waals surface area contributed by atoms with Crippen molar-refractivity contribution in [2.75, 3.05) is 5.32 Å². The molecular formula is C16H15N5O3S. The maximum atomic E-state index is 12.6. The van der Waals surface area contributed by atoms with Gasteiger partial charge < -0.3 is 5.32 Å². The number of amides is 1. The van der Waals surface area contributed by atoms with Gasteiger partial charge in [-0.1, -0.05) is 6.07 Å². The Hall–Kier alpha value is -2.78. The van der Waals surface area contributed by atoms with Crippen molar-refractivity contribution in [2.24, 2.45) is 0 Å². The van der Waals surface area contributed by atoms with E-state index in [2.05, 4.69) is 20.2 Å². The third-order valence-electron chi connectivity index (χ3n) is 4.09. The summed E-state index contributed by atoms with van der Waals surface area (Å²) >= 11 is 0. The van der Waals surface area contributed by atoms with Crippen molar-refractivity contribution in [3.63, 3.8) is 0 Å². The highest BCUT2D eigenvalue weighted by atomic mass is 32.2. The Morgan fingerprint density at radius 1 is 1.16 bits per heavy atom. The van der Waals surface area contributed by atoms with Crippen LogP contribution in [-0.2, 0) is 27.8 Å². The number of hydrogen-bond acceptors (Lipinski definition) is 5. The number of aryl methyl sites for hydroxylation is 1. The maximum Gasteiger partial charge on any atom is 0.240 e. The van der Waals surface area contributed by atoms with E-state index in [1.165, 1.54) is 6.07 Å². The predicted molar refractivity (Wildman–Crippen MR) is 90.4 cm³/mol. The number of hydrogen-bond donors (Lipinski definition) is 2. The Morgan fingerprint density at radius 2 is 2.04 bits per heavy atom. The second kappa shape index (κ2) is 5.94. The van der Waals surface area contributed by atoms with Gasteiger partial charge in [0.15, 0.2) is 11.5 Å². The molecule has 0 saturated carbocycles. The van der Waals surface area contributed by atoms with Gasteiger partial charge >= 0.3 is 0 Å². The third kappa shape index (κ3) is 2.99. The average Bonchev–Trinajstić information content (AvgIpc) is 3.03. The minimum absolute atomic E-state index is 0.0291. The molecule has 0 atom stereocenters. The van der Waals surface area contributed by atoms with Crippen LogP contribution in [0, 0.1) is 0 Å². The molecule has 4 rings (SSSR count). The number of rotatable bonds is 4. The number of nitrogens with zero attached hydrogens (tertiary/aromatic N) is 3. The van der Waals surface area contributed by atoms with Crippen molar-refractivity contribution in [1.82, 2.24) is 19.3 Å². The normalized spacial score (nSPS) is 14.3. The summed E-state index contributed by atoms with van der Waals surface area (Å²) in [5.74, 6) is 0.448. The summed E-state index contributed by atoms with van der Waals surface area (Å²) < 4.78 is 29.4. The van der Waals surface area contributed by atoms with E-state index < -0.39 is 10.0 Å². The van der Waals surface area contributed by atoms with Crippen LogP contribution in [0.4, 0.5) is 5.69 Å².